The molecular weight excluding hydrogens is 689 g/mol. The molecule has 0 saturated carbocycles. The third-order valence-electron chi connectivity index (χ3n) is 9.15. The minimum absolute atomic E-state index is 0.517. The quantitative estimate of drug-likeness (QED) is 0.155. The van der Waals surface area contributed by atoms with Crippen molar-refractivity contribution in [3.63, 3.8) is 0 Å². The van der Waals surface area contributed by atoms with Crippen LogP contribution >= 0.6 is 11.3 Å². The Balaban J connectivity index is 1.06. The lowest BCUT2D eigenvalue weighted by atomic mass is 10.1. The van der Waals surface area contributed by atoms with Crippen LogP contribution in [0.25, 0.3) is 71.1 Å². The Bertz CT molecular complexity index is 2770. The molecule has 9 heteroatoms. The Kier molecular flexibility index (Phi) is 7.81. The number of pyridine rings is 2. The largest absolute Gasteiger partial charge is 0.457 e. The van der Waals surface area contributed by atoms with Gasteiger partial charge >= 0.3 is 0 Å². The number of para-hydroxylation sites is 1. The van der Waals surface area contributed by atoms with Crippen LogP contribution in [0.4, 0.5) is 0 Å². The maximum absolute atomic E-state index is 6.47. The summed E-state index contributed by atoms with van der Waals surface area (Å²) in [5.41, 5.74) is 7.31. The summed E-state index contributed by atoms with van der Waals surface area (Å²) in [5, 5.41) is 2.93. The van der Waals surface area contributed by atoms with Gasteiger partial charge in [0.15, 0.2) is 0 Å². The number of hydrogen-bond donors (Lipinski definition) is 0. The van der Waals surface area contributed by atoms with Gasteiger partial charge in [0.1, 0.15) is 28.0 Å². The van der Waals surface area contributed by atoms with E-state index in [4.69, 9.17) is 24.4 Å². The molecule has 0 fully saturated rings. The molecular formula is C45H28N6O2S. The maximum Gasteiger partial charge on any atom is 0.234 e. The Labute approximate surface area is 313 Å². The average Bonchev–Trinajstić information content (AvgIpc) is 3.81. The standard InChI is InChI=1S/C45H28N6O2S/c1-2-16-43-40(15-1)50-44(54-43)31-27-48-45(49-28-31)51-41-25-34(52-32-11-7-9-29(23-32)38-13-3-5-21-46-38)17-19-36(41)37-20-18-35(26-42(37)51)53-33-12-8-10-30(24-33)39-14-4-6-22-47-39/h1-28H. The van der Waals surface area contributed by atoms with Gasteiger partial charge in [-0.15, -0.1) is 11.3 Å². The molecule has 0 aliphatic carbocycles. The lowest BCUT2D eigenvalue weighted by molar-refractivity contribution is 0.483. The molecule has 0 radical (unpaired) electrons. The molecule has 0 saturated heterocycles. The smallest absolute Gasteiger partial charge is 0.234 e. The highest BCUT2D eigenvalue weighted by molar-refractivity contribution is 7.21. The first-order valence-corrected chi connectivity index (χ1v) is 18.2. The summed E-state index contributed by atoms with van der Waals surface area (Å²) in [5.74, 6) is 3.29. The summed E-state index contributed by atoms with van der Waals surface area (Å²) < 4.78 is 16.1. The SMILES string of the molecule is c1ccc(-c2cccc(Oc3ccc4c5ccc(Oc6cccc(-c7ccccn7)c6)cc5n(-c5ncc(-c6nc7ccccc7s6)cn5)c4c3)c2)nc1. The number of fused-ring (bicyclic) bond motifs is 4. The molecule has 0 unspecified atom stereocenters. The van der Waals surface area contributed by atoms with E-state index in [0.717, 1.165) is 65.1 Å². The summed E-state index contributed by atoms with van der Waals surface area (Å²) in [6, 6.07) is 48.0. The van der Waals surface area contributed by atoms with Crippen molar-refractivity contribution in [1.29, 1.82) is 0 Å². The van der Waals surface area contributed by atoms with Crippen molar-refractivity contribution in [2.24, 2.45) is 0 Å². The molecule has 8 nitrogen and oxygen atoms in total. The Hall–Kier alpha value is -7.23. The van der Waals surface area contributed by atoms with Crippen LogP contribution in [0.1, 0.15) is 0 Å². The summed E-state index contributed by atoms with van der Waals surface area (Å²) in [7, 11) is 0. The van der Waals surface area contributed by atoms with Crippen LogP contribution in [0.3, 0.4) is 0 Å². The molecule has 5 heterocycles. The number of thiazole rings is 1. The summed E-state index contributed by atoms with van der Waals surface area (Å²) >= 11 is 1.62. The molecule has 10 rings (SSSR count). The van der Waals surface area contributed by atoms with E-state index in [-0.39, 0.29) is 0 Å². The Morgan fingerprint density at radius 1 is 0.463 bits per heavy atom. The molecule has 0 atom stereocenters. The van der Waals surface area contributed by atoms with Gasteiger partial charge in [-0.3, -0.25) is 14.5 Å². The van der Waals surface area contributed by atoms with Gasteiger partial charge in [0.2, 0.25) is 5.95 Å². The van der Waals surface area contributed by atoms with E-state index in [1.807, 2.05) is 140 Å². The van der Waals surface area contributed by atoms with Crippen molar-refractivity contribution < 1.29 is 9.47 Å². The number of rotatable bonds is 8. The normalized spacial score (nSPS) is 11.3. The van der Waals surface area contributed by atoms with E-state index in [1.54, 1.807) is 23.7 Å². The topological polar surface area (TPSA) is 87.8 Å². The van der Waals surface area contributed by atoms with Crippen LogP contribution in [0.2, 0.25) is 0 Å². The van der Waals surface area contributed by atoms with Gasteiger partial charge in [0, 0.05) is 64.4 Å². The lowest BCUT2D eigenvalue weighted by Crippen LogP contribution is -2.01. The first-order valence-electron chi connectivity index (χ1n) is 17.4. The summed E-state index contributed by atoms with van der Waals surface area (Å²) in [6.45, 7) is 0. The Morgan fingerprint density at radius 3 is 1.57 bits per heavy atom. The fraction of sp³-hybridized carbons (Fsp3) is 0. The molecule has 0 N–H and O–H groups in total. The van der Waals surface area contributed by atoms with Gasteiger partial charge in [-0.05, 0) is 84.9 Å². The van der Waals surface area contributed by atoms with Crippen LogP contribution in [0.15, 0.2) is 170 Å². The molecule has 0 spiro atoms. The highest BCUT2D eigenvalue weighted by Crippen LogP contribution is 2.38. The van der Waals surface area contributed by atoms with Gasteiger partial charge in [-0.2, -0.15) is 0 Å². The van der Waals surface area contributed by atoms with Crippen LogP contribution in [0.5, 0.6) is 23.0 Å². The molecule has 10 aromatic rings. The second-order valence-corrected chi connectivity index (χ2v) is 13.7. The van der Waals surface area contributed by atoms with Crippen molar-refractivity contribution in [1.82, 2.24) is 29.5 Å². The van der Waals surface area contributed by atoms with Gasteiger partial charge in [-0.1, -0.05) is 48.5 Å². The lowest BCUT2D eigenvalue weighted by Gasteiger charge is -2.10. The molecule has 256 valence electrons. The van der Waals surface area contributed by atoms with Crippen molar-refractivity contribution in [3.05, 3.63) is 170 Å². The van der Waals surface area contributed by atoms with Crippen LogP contribution < -0.4 is 9.47 Å². The molecule has 54 heavy (non-hydrogen) atoms. The van der Waals surface area contributed by atoms with Crippen molar-refractivity contribution in [3.8, 4) is 62.0 Å². The first kappa shape index (κ1) is 31.5. The van der Waals surface area contributed by atoms with Crippen molar-refractivity contribution >= 4 is 43.4 Å². The van der Waals surface area contributed by atoms with E-state index in [1.165, 1.54) is 0 Å². The first-order chi connectivity index (χ1) is 26.7. The predicted molar refractivity (Wildman–Crippen MR) is 214 cm³/mol. The summed E-state index contributed by atoms with van der Waals surface area (Å²) in [6.07, 6.45) is 7.26. The second kappa shape index (κ2) is 13.4. The number of nitrogens with zero attached hydrogens (tertiary/aromatic N) is 6. The zero-order chi connectivity index (χ0) is 35.8. The fourth-order valence-electron chi connectivity index (χ4n) is 6.64. The van der Waals surface area contributed by atoms with Crippen LogP contribution in [-0.2, 0) is 0 Å². The van der Waals surface area contributed by atoms with Crippen molar-refractivity contribution in [2.45, 2.75) is 0 Å². The second-order valence-electron chi connectivity index (χ2n) is 12.6. The average molecular weight is 717 g/mol. The van der Waals surface area contributed by atoms with Crippen LogP contribution in [0, 0.1) is 0 Å². The third kappa shape index (κ3) is 5.98. The van der Waals surface area contributed by atoms with Gasteiger partial charge in [0.25, 0.3) is 0 Å². The zero-order valence-electron chi connectivity index (χ0n) is 28.6. The number of ether oxygens (including phenoxy) is 2. The third-order valence-corrected chi connectivity index (χ3v) is 10.2. The van der Waals surface area contributed by atoms with Gasteiger partial charge < -0.3 is 9.47 Å². The monoisotopic (exact) mass is 716 g/mol. The highest BCUT2D eigenvalue weighted by Gasteiger charge is 2.18. The predicted octanol–water partition coefficient (Wildman–Crippen LogP) is 11.6. The highest BCUT2D eigenvalue weighted by atomic mass is 32.1. The molecule has 0 aliphatic heterocycles. The molecule has 5 aromatic heterocycles. The van der Waals surface area contributed by atoms with Gasteiger partial charge in [-0.25, -0.2) is 15.0 Å². The minimum atomic E-state index is 0.517. The number of aromatic nitrogens is 6. The van der Waals surface area contributed by atoms with Gasteiger partial charge in [0.05, 0.1) is 32.6 Å². The van der Waals surface area contributed by atoms with E-state index < -0.39 is 0 Å². The van der Waals surface area contributed by atoms with E-state index in [2.05, 4.69) is 32.7 Å². The molecule has 0 aliphatic rings. The van der Waals surface area contributed by atoms with Crippen molar-refractivity contribution in [2.75, 3.05) is 0 Å². The number of hydrogen-bond acceptors (Lipinski definition) is 8. The molecule has 0 bridgehead atoms. The number of benzene rings is 5. The minimum Gasteiger partial charge on any atom is -0.457 e. The van der Waals surface area contributed by atoms with E-state index >= 15 is 0 Å². The fourth-order valence-corrected chi connectivity index (χ4v) is 7.58. The van der Waals surface area contributed by atoms with E-state index in [0.29, 0.717) is 28.9 Å². The summed E-state index contributed by atoms with van der Waals surface area (Å²) in [4.78, 5) is 23.6. The van der Waals surface area contributed by atoms with Crippen LogP contribution in [-0.4, -0.2) is 29.5 Å². The van der Waals surface area contributed by atoms with E-state index in [9.17, 15) is 0 Å². The molecule has 0 amide bonds. The molecule has 5 aromatic carbocycles. The Morgan fingerprint density at radius 2 is 1.02 bits per heavy atom. The maximum atomic E-state index is 6.47. The zero-order valence-corrected chi connectivity index (χ0v) is 29.4.